The highest BCUT2D eigenvalue weighted by Gasteiger charge is 2.30. The first-order valence-electron chi connectivity index (χ1n) is 5.52. The Kier molecular flexibility index (Phi) is 4.63. The van der Waals surface area contributed by atoms with Crippen molar-refractivity contribution >= 4 is 32.0 Å². The monoisotopic (exact) mass is 349 g/mol. The number of ether oxygens (including phenoxy) is 1. The molecular formula is C12H16BrNO4S. The fourth-order valence-electron chi connectivity index (χ4n) is 1.23. The van der Waals surface area contributed by atoms with Gasteiger partial charge in [-0.2, -0.15) is 0 Å². The quantitative estimate of drug-likeness (QED) is 0.823. The number of hydrogen-bond donors (Lipinski definition) is 0. The summed E-state index contributed by atoms with van der Waals surface area (Å²) >= 11 is 3.15. The van der Waals surface area contributed by atoms with Gasteiger partial charge in [-0.25, -0.2) is 17.5 Å². The Bertz CT molecular complexity index is 578. The minimum Gasteiger partial charge on any atom is -0.443 e. The highest BCUT2D eigenvalue weighted by Crippen LogP contribution is 2.24. The van der Waals surface area contributed by atoms with E-state index in [9.17, 15) is 13.2 Å². The Labute approximate surface area is 121 Å². The van der Waals surface area contributed by atoms with Crippen LogP contribution in [-0.4, -0.2) is 31.5 Å². The molecule has 0 aliphatic heterocycles. The standard InChI is InChI=1S/C12H16BrNO4S/c1-12(2,3)18-11(15)14(4)19(16,17)10-8-6-5-7-9(10)13/h5-8H,1-4H3. The van der Waals surface area contributed by atoms with Crippen molar-refractivity contribution in [1.29, 1.82) is 0 Å². The first kappa shape index (κ1) is 16.0. The maximum absolute atomic E-state index is 12.3. The van der Waals surface area contributed by atoms with Gasteiger partial charge in [0.05, 0.1) is 0 Å². The third-order valence-electron chi connectivity index (χ3n) is 2.13. The SMILES string of the molecule is CN(C(=O)OC(C)(C)C)S(=O)(=O)c1ccccc1Br. The summed E-state index contributed by atoms with van der Waals surface area (Å²) in [6, 6.07) is 6.28. The third-order valence-corrected chi connectivity index (χ3v) is 4.86. The van der Waals surface area contributed by atoms with Crippen molar-refractivity contribution in [2.75, 3.05) is 7.05 Å². The zero-order valence-electron chi connectivity index (χ0n) is 11.2. The van der Waals surface area contributed by atoms with Crippen LogP contribution in [0.4, 0.5) is 4.79 Å². The molecular weight excluding hydrogens is 334 g/mol. The summed E-state index contributed by atoms with van der Waals surface area (Å²) in [6.45, 7) is 5.01. The maximum atomic E-state index is 12.3. The predicted octanol–water partition coefficient (Wildman–Crippen LogP) is 3.00. The lowest BCUT2D eigenvalue weighted by Crippen LogP contribution is -2.38. The molecule has 0 heterocycles. The van der Waals surface area contributed by atoms with Crippen LogP contribution in [0, 0.1) is 0 Å². The van der Waals surface area contributed by atoms with Gasteiger partial charge in [0.1, 0.15) is 10.5 Å². The Balaban J connectivity index is 3.08. The molecule has 7 heteroatoms. The van der Waals surface area contributed by atoms with Gasteiger partial charge in [0, 0.05) is 11.5 Å². The Morgan fingerprint density at radius 1 is 1.26 bits per heavy atom. The van der Waals surface area contributed by atoms with Crippen molar-refractivity contribution in [3.8, 4) is 0 Å². The van der Waals surface area contributed by atoms with Crippen molar-refractivity contribution in [3.05, 3.63) is 28.7 Å². The maximum Gasteiger partial charge on any atom is 0.424 e. The lowest BCUT2D eigenvalue weighted by Gasteiger charge is -2.24. The minimum atomic E-state index is -3.93. The molecule has 0 saturated heterocycles. The zero-order chi connectivity index (χ0) is 14.8. The molecule has 0 aromatic heterocycles. The molecule has 0 N–H and O–H groups in total. The van der Waals surface area contributed by atoms with Gasteiger partial charge in [-0.05, 0) is 48.8 Å². The molecule has 0 aliphatic rings. The predicted molar refractivity (Wildman–Crippen MR) is 75.3 cm³/mol. The Morgan fingerprint density at radius 2 is 1.79 bits per heavy atom. The summed E-state index contributed by atoms with van der Waals surface area (Å²) in [7, 11) is -2.76. The van der Waals surface area contributed by atoms with Crippen LogP contribution in [0.15, 0.2) is 33.6 Å². The van der Waals surface area contributed by atoms with Crippen LogP contribution in [0.2, 0.25) is 0 Å². The van der Waals surface area contributed by atoms with E-state index in [1.807, 2.05) is 0 Å². The second-order valence-corrected chi connectivity index (χ2v) is 7.68. The van der Waals surface area contributed by atoms with Crippen LogP contribution in [0.25, 0.3) is 0 Å². The molecule has 1 rings (SSSR count). The van der Waals surface area contributed by atoms with Crippen LogP contribution in [0.1, 0.15) is 20.8 Å². The van der Waals surface area contributed by atoms with E-state index in [0.29, 0.717) is 8.78 Å². The summed E-state index contributed by atoms with van der Waals surface area (Å²) in [5.74, 6) is 0. The first-order valence-corrected chi connectivity index (χ1v) is 7.75. The number of carbonyl (C=O) groups is 1. The van der Waals surface area contributed by atoms with Gasteiger partial charge >= 0.3 is 6.09 Å². The highest BCUT2D eigenvalue weighted by molar-refractivity contribution is 9.10. The van der Waals surface area contributed by atoms with Crippen LogP contribution in [0.5, 0.6) is 0 Å². The first-order chi connectivity index (χ1) is 8.55. The average molecular weight is 350 g/mol. The van der Waals surface area contributed by atoms with Crippen LogP contribution >= 0.6 is 15.9 Å². The molecule has 1 aromatic carbocycles. The lowest BCUT2D eigenvalue weighted by molar-refractivity contribution is 0.0420. The van der Waals surface area contributed by atoms with Crippen molar-refractivity contribution < 1.29 is 17.9 Å². The zero-order valence-corrected chi connectivity index (χ0v) is 13.6. The third kappa shape index (κ3) is 3.94. The molecule has 0 unspecified atom stereocenters. The minimum absolute atomic E-state index is 0.0170. The number of hydrogen-bond acceptors (Lipinski definition) is 4. The Morgan fingerprint density at radius 3 is 2.26 bits per heavy atom. The fraction of sp³-hybridized carbons (Fsp3) is 0.417. The molecule has 19 heavy (non-hydrogen) atoms. The number of carbonyl (C=O) groups excluding carboxylic acids is 1. The normalized spacial score (nSPS) is 12.1. The number of amides is 1. The van der Waals surface area contributed by atoms with E-state index in [0.717, 1.165) is 0 Å². The second kappa shape index (κ2) is 5.50. The number of nitrogens with zero attached hydrogens (tertiary/aromatic N) is 1. The van der Waals surface area contributed by atoms with Gasteiger partial charge < -0.3 is 4.74 Å². The van der Waals surface area contributed by atoms with Crippen molar-refractivity contribution in [2.24, 2.45) is 0 Å². The van der Waals surface area contributed by atoms with Crippen LogP contribution < -0.4 is 0 Å². The molecule has 0 saturated carbocycles. The van der Waals surface area contributed by atoms with E-state index in [4.69, 9.17) is 4.74 Å². The molecule has 106 valence electrons. The Hall–Kier alpha value is -1.08. The average Bonchev–Trinajstić information content (AvgIpc) is 2.26. The summed E-state index contributed by atoms with van der Waals surface area (Å²) in [4.78, 5) is 11.8. The van der Waals surface area contributed by atoms with Crippen molar-refractivity contribution in [2.45, 2.75) is 31.3 Å². The molecule has 0 atom stereocenters. The second-order valence-electron chi connectivity index (χ2n) is 4.88. The molecule has 5 nitrogen and oxygen atoms in total. The molecule has 0 fully saturated rings. The van der Waals surface area contributed by atoms with E-state index in [2.05, 4.69) is 15.9 Å². The van der Waals surface area contributed by atoms with Gasteiger partial charge in [0.2, 0.25) is 0 Å². The van der Waals surface area contributed by atoms with Crippen molar-refractivity contribution in [1.82, 2.24) is 4.31 Å². The summed E-state index contributed by atoms with van der Waals surface area (Å²) < 4.78 is 30.6. The molecule has 1 amide bonds. The number of sulfonamides is 1. The number of halogens is 1. The summed E-state index contributed by atoms with van der Waals surface area (Å²) in [5.41, 5.74) is -0.755. The highest BCUT2D eigenvalue weighted by atomic mass is 79.9. The van der Waals surface area contributed by atoms with Crippen molar-refractivity contribution in [3.63, 3.8) is 0 Å². The van der Waals surface area contributed by atoms with Crippen LogP contribution in [0.3, 0.4) is 0 Å². The van der Waals surface area contributed by atoms with E-state index in [1.165, 1.54) is 13.1 Å². The van der Waals surface area contributed by atoms with Gasteiger partial charge in [0.25, 0.3) is 10.0 Å². The molecule has 0 radical (unpaired) electrons. The van der Waals surface area contributed by atoms with E-state index in [-0.39, 0.29) is 4.90 Å². The van der Waals surface area contributed by atoms with Crippen LogP contribution in [-0.2, 0) is 14.8 Å². The fourth-order valence-corrected chi connectivity index (χ4v) is 3.22. The van der Waals surface area contributed by atoms with Gasteiger partial charge in [-0.1, -0.05) is 12.1 Å². The summed E-state index contributed by atoms with van der Waals surface area (Å²) in [5, 5.41) is 0. The molecule has 1 aromatic rings. The van der Waals surface area contributed by atoms with E-state index >= 15 is 0 Å². The number of rotatable bonds is 2. The molecule has 0 spiro atoms. The van der Waals surface area contributed by atoms with E-state index in [1.54, 1.807) is 39.0 Å². The van der Waals surface area contributed by atoms with Gasteiger partial charge in [-0.15, -0.1) is 0 Å². The lowest BCUT2D eigenvalue weighted by atomic mass is 10.2. The topological polar surface area (TPSA) is 63.7 Å². The molecule has 0 bridgehead atoms. The molecule has 0 aliphatic carbocycles. The summed E-state index contributed by atoms with van der Waals surface area (Å²) in [6.07, 6.45) is -0.914. The number of benzene rings is 1. The smallest absolute Gasteiger partial charge is 0.424 e. The van der Waals surface area contributed by atoms with Gasteiger partial charge in [0.15, 0.2) is 0 Å². The van der Waals surface area contributed by atoms with E-state index < -0.39 is 21.7 Å². The largest absolute Gasteiger partial charge is 0.443 e. The van der Waals surface area contributed by atoms with Gasteiger partial charge in [-0.3, -0.25) is 0 Å².